The standard InChI is InChI=1S/C19H23F3N4O3S/c20-19(21,22)29-12-6-7-14-15(9-12)30-18(25-14)26-16(27)10-24-17(28)13(23)8-11-4-2-1-3-5-11/h6-7,9,11,13H,1-5,8,10,23H2,(H,24,28)(H,25,26,27). The Morgan fingerprint density at radius 1 is 1.27 bits per heavy atom. The van der Waals surface area contributed by atoms with Crippen LogP contribution in [0, 0.1) is 5.92 Å². The zero-order valence-corrected chi connectivity index (χ0v) is 16.9. The smallest absolute Gasteiger partial charge is 0.406 e. The second-order valence-electron chi connectivity index (χ2n) is 7.31. The van der Waals surface area contributed by atoms with E-state index in [4.69, 9.17) is 5.73 Å². The Kier molecular flexibility index (Phi) is 7.14. The highest BCUT2D eigenvalue weighted by molar-refractivity contribution is 7.22. The maximum atomic E-state index is 12.3. The number of hydrogen-bond donors (Lipinski definition) is 3. The highest BCUT2D eigenvalue weighted by Gasteiger charge is 2.31. The van der Waals surface area contributed by atoms with Crippen LogP contribution in [0.15, 0.2) is 18.2 Å². The molecular weight excluding hydrogens is 421 g/mol. The van der Waals surface area contributed by atoms with Gasteiger partial charge in [-0.25, -0.2) is 4.98 Å². The minimum absolute atomic E-state index is 0.208. The average molecular weight is 444 g/mol. The van der Waals surface area contributed by atoms with Crippen LogP contribution >= 0.6 is 11.3 Å². The Labute approximate surface area is 175 Å². The van der Waals surface area contributed by atoms with E-state index >= 15 is 0 Å². The fourth-order valence-electron chi connectivity index (χ4n) is 3.51. The lowest BCUT2D eigenvalue weighted by atomic mass is 9.85. The third-order valence-electron chi connectivity index (χ3n) is 4.91. The summed E-state index contributed by atoms with van der Waals surface area (Å²) in [4.78, 5) is 28.4. The van der Waals surface area contributed by atoms with Gasteiger partial charge in [0.25, 0.3) is 0 Å². The van der Waals surface area contributed by atoms with Crippen LogP contribution in [0.5, 0.6) is 5.75 Å². The lowest BCUT2D eigenvalue weighted by Gasteiger charge is -2.24. The molecule has 4 N–H and O–H groups in total. The van der Waals surface area contributed by atoms with Gasteiger partial charge < -0.3 is 21.1 Å². The summed E-state index contributed by atoms with van der Waals surface area (Å²) in [5.41, 5.74) is 6.37. The molecule has 1 aliphatic carbocycles. The van der Waals surface area contributed by atoms with Gasteiger partial charge in [-0.3, -0.25) is 9.59 Å². The first kappa shape index (κ1) is 22.3. The van der Waals surface area contributed by atoms with E-state index < -0.39 is 18.3 Å². The zero-order valence-electron chi connectivity index (χ0n) is 16.1. The number of nitrogens with two attached hydrogens (primary N) is 1. The van der Waals surface area contributed by atoms with Gasteiger partial charge in [0.15, 0.2) is 5.13 Å². The van der Waals surface area contributed by atoms with Crippen LogP contribution in [0.25, 0.3) is 10.2 Å². The van der Waals surface area contributed by atoms with Crippen molar-refractivity contribution in [3.8, 4) is 5.75 Å². The molecule has 1 aliphatic rings. The van der Waals surface area contributed by atoms with Crippen molar-refractivity contribution in [1.29, 1.82) is 0 Å². The number of alkyl halides is 3. The second-order valence-corrected chi connectivity index (χ2v) is 8.34. The fraction of sp³-hybridized carbons (Fsp3) is 0.526. The molecule has 0 bridgehead atoms. The number of hydrogen-bond acceptors (Lipinski definition) is 6. The van der Waals surface area contributed by atoms with Crippen molar-refractivity contribution < 1.29 is 27.5 Å². The van der Waals surface area contributed by atoms with Gasteiger partial charge in [0.2, 0.25) is 11.8 Å². The Morgan fingerprint density at radius 2 is 2.00 bits per heavy atom. The molecule has 1 aromatic heterocycles. The number of aromatic nitrogens is 1. The summed E-state index contributed by atoms with van der Waals surface area (Å²) in [6.07, 6.45) is 1.52. The molecule has 164 valence electrons. The molecule has 1 atom stereocenters. The number of halogens is 3. The Hall–Kier alpha value is -2.40. The van der Waals surface area contributed by atoms with E-state index in [1.807, 2.05) is 0 Å². The van der Waals surface area contributed by atoms with E-state index in [0.29, 0.717) is 22.6 Å². The number of amides is 2. The Balaban J connectivity index is 1.49. The summed E-state index contributed by atoms with van der Waals surface area (Å²) >= 11 is 1.00. The topological polar surface area (TPSA) is 106 Å². The van der Waals surface area contributed by atoms with Gasteiger partial charge in [0, 0.05) is 6.07 Å². The summed E-state index contributed by atoms with van der Waals surface area (Å²) in [7, 11) is 0. The van der Waals surface area contributed by atoms with Crippen LogP contribution in [0.2, 0.25) is 0 Å². The molecule has 0 saturated heterocycles. The monoisotopic (exact) mass is 444 g/mol. The SMILES string of the molecule is NC(CC1CCCCC1)C(=O)NCC(=O)Nc1nc2ccc(OC(F)(F)F)cc2s1. The molecule has 2 amide bonds. The maximum Gasteiger partial charge on any atom is 0.573 e. The van der Waals surface area contributed by atoms with Gasteiger partial charge >= 0.3 is 6.36 Å². The lowest BCUT2D eigenvalue weighted by Crippen LogP contribution is -2.44. The molecular formula is C19H23F3N4O3S. The van der Waals surface area contributed by atoms with Gasteiger partial charge in [-0.05, 0) is 24.5 Å². The third-order valence-corrected chi connectivity index (χ3v) is 5.85. The molecule has 0 radical (unpaired) electrons. The van der Waals surface area contributed by atoms with Crippen molar-refractivity contribution in [2.45, 2.75) is 50.9 Å². The minimum Gasteiger partial charge on any atom is -0.406 e. The minimum atomic E-state index is -4.79. The average Bonchev–Trinajstić information content (AvgIpc) is 3.07. The van der Waals surface area contributed by atoms with Crippen LogP contribution in [0.3, 0.4) is 0 Å². The molecule has 0 spiro atoms. The van der Waals surface area contributed by atoms with Gasteiger partial charge in [0.1, 0.15) is 5.75 Å². The number of rotatable bonds is 7. The first-order chi connectivity index (χ1) is 14.2. The number of nitrogens with zero attached hydrogens (tertiary/aromatic N) is 1. The van der Waals surface area contributed by atoms with Crippen molar-refractivity contribution in [2.75, 3.05) is 11.9 Å². The Morgan fingerprint density at radius 3 is 2.70 bits per heavy atom. The quantitative estimate of drug-likeness (QED) is 0.606. The summed E-state index contributed by atoms with van der Waals surface area (Å²) < 4.78 is 41.3. The number of carbonyl (C=O) groups is 2. The molecule has 1 fully saturated rings. The molecule has 3 rings (SSSR count). The molecule has 1 aromatic carbocycles. The normalized spacial score (nSPS) is 16.3. The number of benzene rings is 1. The summed E-state index contributed by atoms with van der Waals surface area (Å²) in [5, 5.41) is 5.25. The summed E-state index contributed by atoms with van der Waals surface area (Å²) in [5.74, 6) is -0.800. The molecule has 1 saturated carbocycles. The van der Waals surface area contributed by atoms with E-state index in [1.165, 1.54) is 18.6 Å². The number of thiazole rings is 1. The lowest BCUT2D eigenvalue weighted by molar-refractivity contribution is -0.274. The van der Waals surface area contributed by atoms with Gasteiger partial charge in [0.05, 0.1) is 22.8 Å². The van der Waals surface area contributed by atoms with E-state index in [0.717, 1.165) is 43.1 Å². The van der Waals surface area contributed by atoms with Crippen LogP contribution in [-0.4, -0.2) is 35.7 Å². The number of fused-ring (bicyclic) bond motifs is 1. The van der Waals surface area contributed by atoms with Crippen LogP contribution in [0.4, 0.5) is 18.3 Å². The molecule has 1 heterocycles. The fourth-order valence-corrected chi connectivity index (χ4v) is 4.42. The van der Waals surface area contributed by atoms with Crippen LogP contribution in [-0.2, 0) is 9.59 Å². The molecule has 30 heavy (non-hydrogen) atoms. The van der Waals surface area contributed by atoms with Crippen LogP contribution in [0.1, 0.15) is 38.5 Å². The van der Waals surface area contributed by atoms with Crippen molar-refractivity contribution in [3.63, 3.8) is 0 Å². The number of ether oxygens (including phenoxy) is 1. The molecule has 1 unspecified atom stereocenters. The van der Waals surface area contributed by atoms with Crippen molar-refractivity contribution in [3.05, 3.63) is 18.2 Å². The predicted molar refractivity (Wildman–Crippen MR) is 107 cm³/mol. The molecule has 2 aromatic rings. The van der Waals surface area contributed by atoms with Gasteiger partial charge in [-0.1, -0.05) is 43.4 Å². The van der Waals surface area contributed by atoms with Crippen molar-refractivity contribution >= 4 is 38.5 Å². The highest BCUT2D eigenvalue weighted by Crippen LogP contribution is 2.31. The molecule has 11 heteroatoms. The first-order valence-corrected chi connectivity index (χ1v) is 10.5. The van der Waals surface area contributed by atoms with Crippen LogP contribution < -0.4 is 21.1 Å². The zero-order chi connectivity index (χ0) is 21.7. The molecule has 7 nitrogen and oxygen atoms in total. The van der Waals surface area contributed by atoms with Crippen molar-refractivity contribution in [1.82, 2.24) is 10.3 Å². The third kappa shape index (κ3) is 6.56. The second kappa shape index (κ2) is 9.61. The Bertz CT molecular complexity index is 897. The predicted octanol–water partition coefficient (Wildman–Crippen LogP) is 3.55. The number of anilines is 1. The number of carbonyl (C=O) groups excluding carboxylic acids is 2. The van der Waals surface area contributed by atoms with Gasteiger partial charge in [-0.15, -0.1) is 13.2 Å². The van der Waals surface area contributed by atoms with E-state index in [2.05, 4.69) is 20.4 Å². The maximum absolute atomic E-state index is 12.3. The van der Waals surface area contributed by atoms with Crippen molar-refractivity contribution in [2.24, 2.45) is 11.7 Å². The van der Waals surface area contributed by atoms with E-state index in [-0.39, 0.29) is 23.3 Å². The molecule has 0 aliphatic heterocycles. The summed E-state index contributed by atoms with van der Waals surface area (Å²) in [6.45, 7) is -0.268. The first-order valence-electron chi connectivity index (χ1n) is 9.69. The van der Waals surface area contributed by atoms with E-state index in [1.54, 1.807) is 0 Å². The largest absolute Gasteiger partial charge is 0.573 e. The number of nitrogens with one attached hydrogen (secondary N) is 2. The van der Waals surface area contributed by atoms with E-state index in [9.17, 15) is 22.8 Å². The van der Waals surface area contributed by atoms with Gasteiger partial charge in [-0.2, -0.15) is 0 Å². The summed E-state index contributed by atoms with van der Waals surface area (Å²) in [6, 6.07) is 3.06. The highest BCUT2D eigenvalue weighted by atomic mass is 32.1.